The van der Waals surface area contributed by atoms with Gasteiger partial charge in [-0.1, -0.05) is 12.8 Å². The number of aliphatic hydroxyl groups is 1. The molecular weight excluding hydrogens is 226 g/mol. The van der Waals surface area contributed by atoms with Crippen LogP contribution in [0, 0.1) is 17.2 Å². The van der Waals surface area contributed by atoms with Gasteiger partial charge in [0.2, 0.25) is 0 Å². The summed E-state index contributed by atoms with van der Waals surface area (Å²) in [6.45, 7) is 4.15. The second kappa shape index (κ2) is 6.51. The van der Waals surface area contributed by atoms with Crippen LogP contribution in [0.1, 0.15) is 39.0 Å². The molecule has 0 spiro atoms. The Morgan fingerprint density at radius 3 is 2.67 bits per heavy atom. The molecule has 3 unspecified atom stereocenters. The fraction of sp³-hybridized carbons (Fsp3) is 0.929. The monoisotopic (exact) mass is 251 g/mol. The highest BCUT2D eigenvalue weighted by atomic mass is 16.3. The molecule has 2 fully saturated rings. The number of nitrogens with one attached hydrogen (secondary N) is 1. The van der Waals surface area contributed by atoms with E-state index >= 15 is 0 Å². The van der Waals surface area contributed by atoms with Crippen molar-refractivity contribution in [2.24, 2.45) is 5.92 Å². The molecule has 2 rings (SSSR count). The Labute approximate surface area is 110 Å². The van der Waals surface area contributed by atoms with Gasteiger partial charge in [0, 0.05) is 25.2 Å². The number of aliphatic hydroxyl groups excluding tert-OH is 1. The number of nitriles is 1. The zero-order valence-electron chi connectivity index (χ0n) is 11.3. The number of piperidine rings is 1. The minimum absolute atomic E-state index is 0.278. The van der Waals surface area contributed by atoms with Gasteiger partial charge in [-0.05, 0) is 32.1 Å². The first-order chi connectivity index (χ1) is 8.69. The van der Waals surface area contributed by atoms with Crippen molar-refractivity contribution in [1.29, 1.82) is 5.26 Å². The maximum absolute atomic E-state index is 9.80. The van der Waals surface area contributed by atoms with E-state index < -0.39 is 0 Å². The van der Waals surface area contributed by atoms with E-state index in [2.05, 4.69) is 16.3 Å². The third kappa shape index (κ3) is 3.68. The highest BCUT2D eigenvalue weighted by molar-refractivity contribution is 4.91. The molecule has 102 valence electrons. The topological polar surface area (TPSA) is 59.3 Å². The first kappa shape index (κ1) is 13.8. The summed E-state index contributed by atoms with van der Waals surface area (Å²) in [6.07, 6.45) is 6.01. The molecule has 0 radical (unpaired) electrons. The van der Waals surface area contributed by atoms with Crippen molar-refractivity contribution in [1.82, 2.24) is 10.2 Å². The predicted molar refractivity (Wildman–Crippen MR) is 71.0 cm³/mol. The summed E-state index contributed by atoms with van der Waals surface area (Å²) < 4.78 is 0. The smallest absolute Gasteiger partial charge is 0.0866 e. The molecule has 0 aromatic heterocycles. The summed E-state index contributed by atoms with van der Waals surface area (Å²) in [4.78, 5) is 2.17. The van der Waals surface area contributed by atoms with E-state index in [0.29, 0.717) is 24.5 Å². The number of rotatable bonds is 4. The van der Waals surface area contributed by atoms with Crippen LogP contribution in [-0.2, 0) is 0 Å². The van der Waals surface area contributed by atoms with Crippen molar-refractivity contribution >= 4 is 0 Å². The van der Waals surface area contributed by atoms with Gasteiger partial charge in [0.15, 0.2) is 0 Å². The Hall–Kier alpha value is -0.630. The molecule has 3 atom stereocenters. The Balaban J connectivity index is 1.89. The van der Waals surface area contributed by atoms with Crippen LogP contribution >= 0.6 is 0 Å². The average Bonchev–Trinajstić information content (AvgIpc) is 2.82. The van der Waals surface area contributed by atoms with Gasteiger partial charge in [-0.25, -0.2) is 0 Å². The van der Waals surface area contributed by atoms with E-state index in [-0.39, 0.29) is 6.10 Å². The second-order valence-corrected chi connectivity index (χ2v) is 5.93. The van der Waals surface area contributed by atoms with Gasteiger partial charge in [-0.3, -0.25) is 4.90 Å². The van der Waals surface area contributed by atoms with E-state index in [1.807, 2.05) is 6.92 Å². The third-order valence-electron chi connectivity index (χ3n) is 4.36. The molecule has 1 saturated carbocycles. The molecule has 1 saturated heterocycles. The fourth-order valence-corrected chi connectivity index (χ4v) is 3.36. The lowest BCUT2D eigenvalue weighted by molar-refractivity contribution is 0.0511. The Morgan fingerprint density at radius 2 is 2.06 bits per heavy atom. The predicted octanol–water partition coefficient (Wildman–Crippen LogP) is 1.11. The summed E-state index contributed by atoms with van der Waals surface area (Å²) in [7, 11) is 0. The highest BCUT2D eigenvalue weighted by Crippen LogP contribution is 2.23. The molecule has 1 heterocycles. The first-order valence-electron chi connectivity index (χ1n) is 7.22. The van der Waals surface area contributed by atoms with Gasteiger partial charge in [-0.15, -0.1) is 0 Å². The lowest BCUT2D eigenvalue weighted by atomic mass is 9.90. The average molecular weight is 251 g/mol. The van der Waals surface area contributed by atoms with Gasteiger partial charge in [0.05, 0.1) is 18.7 Å². The van der Waals surface area contributed by atoms with Crippen molar-refractivity contribution in [2.45, 2.75) is 57.2 Å². The van der Waals surface area contributed by atoms with E-state index in [1.165, 1.54) is 25.7 Å². The molecule has 0 amide bonds. The molecule has 4 heteroatoms. The zero-order valence-corrected chi connectivity index (χ0v) is 11.3. The van der Waals surface area contributed by atoms with Crippen LogP contribution in [0.15, 0.2) is 0 Å². The maximum atomic E-state index is 9.80. The summed E-state index contributed by atoms with van der Waals surface area (Å²) in [5.74, 6) is 0.297. The van der Waals surface area contributed by atoms with Crippen LogP contribution in [0.4, 0.5) is 0 Å². The van der Waals surface area contributed by atoms with Gasteiger partial charge in [-0.2, -0.15) is 5.26 Å². The van der Waals surface area contributed by atoms with Crippen molar-refractivity contribution < 1.29 is 5.11 Å². The molecule has 1 aliphatic carbocycles. The minimum atomic E-state index is -0.278. The van der Waals surface area contributed by atoms with Crippen molar-refractivity contribution in [2.75, 3.05) is 19.6 Å². The normalized spacial score (nSPS) is 32.3. The Kier molecular flexibility index (Phi) is 4.99. The molecule has 0 bridgehead atoms. The highest BCUT2D eigenvalue weighted by Gasteiger charge is 2.31. The third-order valence-corrected chi connectivity index (χ3v) is 4.36. The second-order valence-electron chi connectivity index (χ2n) is 5.93. The lowest BCUT2D eigenvalue weighted by Crippen LogP contribution is -2.53. The molecule has 4 nitrogen and oxygen atoms in total. The van der Waals surface area contributed by atoms with Gasteiger partial charge >= 0.3 is 0 Å². The van der Waals surface area contributed by atoms with E-state index in [9.17, 15) is 5.11 Å². The number of hydrogen-bond donors (Lipinski definition) is 2. The lowest BCUT2D eigenvalue weighted by Gasteiger charge is -2.39. The van der Waals surface area contributed by atoms with Crippen LogP contribution < -0.4 is 5.32 Å². The van der Waals surface area contributed by atoms with Crippen molar-refractivity contribution in [3.63, 3.8) is 0 Å². The summed E-state index contributed by atoms with van der Waals surface area (Å²) in [5, 5.41) is 22.4. The molecule has 2 N–H and O–H groups in total. The molecule has 0 aromatic carbocycles. The quantitative estimate of drug-likeness (QED) is 0.735. The molecule has 1 aliphatic heterocycles. The maximum Gasteiger partial charge on any atom is 0.0866 e. The Bertz CT molecular complexity index is 292. The molecular formula is C14H25N3O. The Morgan fingerprint density at radius 1 is 1.33 bits per heavy atom. The zero-order chi connectivity index (χ0) is 13.0. The van der Waals surface area contributed by atoms with E-state index in [1.54, 1.807) is 0 Å². The van der Waals surface area contributed by atoms with Crippen LogP contribution in [0.5, 0.6) is 0 Å². The fourth-order valence-electron chi connectivity index (χ4n) is 3.36. The first-order valence-corrected chi connectivity index (χ1v) is 7.22. The van der Waals surface area contributed by atoms with Gasteiger partial charge in [0.1, 0.15) is 0 Å². The summed E-state index contributed by atoms with van der Waals surface area (Å²) >= 11 is 0. The minimum Gasteiger partial charge on any atom is -0.393 e. The summed E-state index contributed by atoms with van der Waals surface area (Å²) in [6, 6.07) is 3.33. The molecule has 0 aromatic rings. The van der Waals surface area contributed by atoms with Crippen LogP contribution in [-0.4, -0.2) is 47.8 Å². The van der Waals surface area contributed by atoms with Crippen LogP contribution in [0.2, 0.25) is 0 Å². The standard InChI is InChI=1S/C14H25N3O/c1-11(18)12-8-14(10-17(9-12)7-6-15)16-13-4-2-3-5-13/h11-14,16,18H,2-5,7-10H2,1H3. The number of hydrogen-bond acceptors (Lipinski definition) is 4. The van der Waals surface area contributed by atoms with Crippen molar-refractivity contribution in [3.05, 3.63) is 0 Å². The van der Waals surface area contributed by atoms with Crippen molar-refractivity contribution in [3.8, 4) is 6.07 Å². The number of nitrogens with zero attached hydrogens (tertiary/aromatic N) is 2. The van der Waals surface area contributed by atoms with E-state index in [0.717, 1.165) is 19.5 Å². The van der Waals surface area contributed by atoms with Gasteiger partial charge < -0.3 is 10.4 Å². The summed E-state index contributed by atoms with van der Waals surface area (Å²) in [5.41, 5.74) is 0. The SMILES string of the molecule is CC(O)C1CC(NC2CCCC2)CN(CC#N)C1. The van der Waals surface area contributed by atoms with E-state index in [4.69, 9.17) is 5.26 Å². The molecule has 18 heavy (non-hydrogen) atoms. The van der Waals surface area contributed by atoms with Gasteiger partial charge in [0.25, 0.3) is 0 Å². The molecule has 2 aliphatic rings. The number of likely N-dealkylation sites (tertiary alicyclic amines) is 1. The van der Waals surface area contributed by atoms with Crippen LogP contribution in [0.25, 0.3) is 0 Å². The largest absolute Gasteiger partial charge is 0.393 e. The van der Waals surface area contributed by atoms with Crippen LogP contribution in [0.3, 0.4) is 0 Å².